The van der Waals surface area contributed by atoms with Gasteiger partial charge in [0.1, 0.15) is 146 Å². The molecule has 34 fully saturated rings. The number of rotatable bonds is 0. The van der Waals surface area contributed by atoms with E-state index in [2.05, 4.69) is 21.3 Å². The summed E-state index contributed by atoms with van der Waals surface area (Å²) in [4.78, 5) is 423. The molecule has 1 aromatic rings. The molecular formula is C78H78N48O24. The molecule has 34 saturated heterocycles. The lowest BCUT2D eigenvalue weighted by Crippen LogP contribution is -2.63. The maximum atomic E-state index is 15.8. The molecule has 0 bridgehead atoms. The van der Waals surface area contributed by atoms with Crippen molar-refractivity contribution in [1.29, 1.82) is 0 Å². The summed E-state index contributed by atoms with van der Waals surface area (Å²) >= 11 is 0. The van der Waals surface area contributed by atoms with Gasteiger partial charge in [-0.2, -0.15) is 0 Å². The van der Waals surface area contributed by atoms with E-state index in [4.69, 9.17) is 0 Å². The molecule has 72 heteroatoms. The summed E-state index contributed by atoms with van der Waals surface area (Å²) in [6.07, 6.45) is -28.2. The molecule has 48 amide bonds. The summed E-state index contributed by atoms with van der Waals surface area (Å²) in [6, 6.07) is -12.8. The molecule has 0 spiro atoms. The summed E-state index contributed by atoms with van der Waals surface area (Å²) in [7, 11) is 0. The van der Waals surface area contributed by atoms with Crippen molar-refractivity contribution in [3.8, 4) is 0 Å². The third-order valence-electron chi connectivity index (χ3n) is 38.3. The number of fused-ring (bicyclic) bond motifs is 2. The van der Waals surface area contributed by atoms with E-state index in [9.17, 15) is 38.4 Å². The predicted octanol–water partition coefficient (Wildman–Crippen LogP) is -10.3. The van der Waals surface area contributed by atoms with Crippen LogP contribution in [0.1, 0.15) is 22.3 Å². The number of amides is 48. The van der Waals surface area contributed by atoms with Crippen LogP contribution in [0.15, 0.2) is 12.1 Å². The molecule has 4 N–H and O–H groups in total. The highest BCUT2D eigenvalue weighted by Crippen LogP contribution is 2.57. The zero-order chi connectivity index (χ0) is 101. The molecule has 0 atom stereocenters. The molecule has 0 radical (unpaired) electrons. The highest BCUT2D eigenvalue weighted by Gasteiger charge is 2.80. The first-order valence-electron chi connectivity index (χ1n) is 49.2. The lowest BCUT2D eigenvalue weighted by Gasteiger charge is -2.42. The molecule has 0 saturated carbocycles. The molecule has 72 nitrogen and oxygen atoms in total. The van der Waals surface area contributed by atoms with Crippen molar-refractivity contribution in [3.63, 3.8) is 0 Å². The Morgan fingerprint density at radius 1 is 0.120 bits per heavy atom. The lowest BCUT2D eigenvalue weighted by atomic mass is 9.97. The standard InChI is InChI=1S/C78H78N48O24/c127-55-79-31-33-87(55)7-91-39-41-103(63(91)135)15-107-47-49-119(71(107)143)23-123-53-51-115(75(123)147)19-111-45-43-99(67(111)139)11-95-37-35-83(59(95)131)3-27-1-28-4-84-36-38-96(60(84)132)12-100-44-46-112(68(100)140)20-116-52-54-124(76(116)148)24-120-50-48-108(72(120)144)16-104-42-40-92(64(104)136)8-88-34-32(80-56(88)128)82-58(130)90(34)10-94(40)66(138)106(42)18-110(48)74(146)122(50)26-126(54)78(150)118(52)22-114(46)70(142)102(44)14-98(38)62(134)86(36)6-30(28)2-29(27)5-85(35)61(133)97(37)13-101(43)69(141)113(45)21-117(51)77(149)125(53)25-121(49)73(145)109(47)17-105(41)65(137)93(39)9-89(33)57(129)81-31/h1-2,31-54H,3-26H2,(H,79,127)(H,80,128)(H,81,129)(H,82,130). The number of urea groups is 24. The van der Waals surface area contributed by atoms with Crippen molar-refractivity contribution in [1.82, 2.24) is 237 Å². The van der Waals surface area contributed by atoms with Gasteiger partial charge in [0.2, 0.25) is 0 Å². The third-order valence-corrected chi connectivity index (χ3v) is 38.3. The van der Waals surface area contributed by atoms with Gasteiger partial charge in [0.05, 0.1) is 0 Å². The summed E-state index contributed by atoms with van der Waals surface area (Å²) < 4.78 is 0. The second kappa shape index (κ2) is 24.5. The summed E-state index contributed by atoms with van der Waals surface area (Å²) in [6.45, 7) is -10.8. The van der Waals surface area contributed by atoms with Gasteiger partial charge in [0.15, 0.2) is 136 Å². The summed E-state index contributed by atoms with van der Waals surface area (Å²) in [5.41, 5.74) is 2.21. The zero-order valence-electron chi connectivity index (χ0n) is 77.5. The summed E-state index contributed by atoms with van der Waals surface area (Å²) in [5.74, 6) is 0. The molecule has 0 unspecified atom stereocenters. The van der Waals surface area contributed by atoms with Gasteiger partial charge in [0.25, 0.3) is 0 Å². The molecule has 0 aliphatic carbocycles. The number of nitrogens with zero attached hydrogens (tertiary/aromatic N) is 44. The second-order valence-corrected chi connectivity index (χ2v) is 44.0. The van der Waals surface area contributed by atoms with Gasteiger partial charge in [-0.1, -0.05) is 12.1 Å². The Hall–Kier alpha value is -18.3. The fourth-order valence-corrected chi connectivity index (χ4v) is 32.2. The normalized spacial score (nSPS) is 38.8. The van der Waals surface area contributed by atoms with E-state index < -0.39 is 399 Å². The fourth-order valence-electron chi connectivity index (χ4n) is 32.2. The number of hydrogen-bond donors (Lipinski definition) is 4. The number of carbonyl (C=O) groups is 24. The minimum atomic E-state index is -1.31. The van der Waals surface area contributed by atoms with Crippen LogP contribution < -0.4 is 21.3 Å². The topological polar surface area (TPSA) is 600 Å². The van der Waals surface area contributed by atoms with E-state index in [1.807, 2.05) is 12.1 Å². The van der Waals surface area contributed by atoms with E-state index in [1.54, 1.807) is 0 Å². The Bertz CT molecular complexity index is 6310. The fraction of sp³-hybridized carbons (Fsp3) is 0.615. The van der Waals surface area contributed by atoms with Crippen molar-refractivity contribution in [3.05, 3.63) is 34.4 Å². The first-order valence-corrected chi connectivity index (χ1v) is 49.2. The van der Waals surface area contributed by atoms with Gasteiger partial charge >= 0.3 is 145 Å². The van der Waals surface area contributed by atoms with Gasteiger partial charge < -0.3 is 21.3 Å². The number of hydrogen-bond acceptors (Lipinski definition) is 24. The van der Waals surface area contributed by atoms with Crippen LogP contribution in [0.3, 0.4) is 0 Å². The molecule has 36 aliphatic rings. The molecule has 37 rings (SSSR count). The van der Waals surface area contributed by atoms with Crippen LogP contribution in [-0.2, 0) is 26.2 Å². The molecular weight excluding hydrogens is 1990 g/mol. The summed E-state index contributed by atoms with van der Waals surface area (Å²) in [5, 5.41) is 10.8. The number of nitrogens with one attached hydrogen (secondary N) is 4. The Labute approximate surface area is 835 Å². The van der Waals surface area contributed by atoms with E-state index >= 15 is 76.7 Å². The van der Waals surface area contributed by atoms with Crippen LogP contribution in [0, 0.1) is 0 Å². The first kappa shape index (κ1) is 80.0. The average molecular weight is 2070 g/mol. The minimum Gasteiger partial charge on any atom is -0.314 e. The zero-order valence-corrected chi connectivity index (χ0v) is 77.5. The molecule has 150 heavy (non-hydrogen) atoms. The molecule has 1 aromatic carbocycles. The maximum Gasteiger partial charge on any atom is 0.326 e. The monoisotopic (exact) mass is 2070 g/mol. The molecule has 0 aromatic heterocycles. The predicted molar refractivity (Wildman–Crippen MR) is 452 cm³/mol. The van der Waals surface area contributed by atoms with Gasteiger partial charge in [-0.05, 0) is 22.3 Å². The number of benzene rings is 1. The smallest absolute Gasteiger partial charge is 0.314 e. The van der Waals surface area contributed by atoms with Crippen molar-refractivity contribution in [2.45, 2.75) is 174 Å². The van der Waals surface area contributed by atoms with E-state index in [-0.39, 0.29) is 52.9 Å². The Morgan fingerprint density at radius 2 is 0.207 bits per heavy atom. The van der Waals surface area contributed by atoms with Gasteiger partial charge in [0, 0.05) is 26.2 Å². The van der Waals surface area contributed by atoms with Crippen molar-refractivity contribution in [2.24, 2.45) is 0 Å². The Kier molecular flexibility index (Phi) is 13.1. The SMILES string of the molecule is O=C1NC2NC(=O)N3CN4C(=O)N5CN6C(=O)N7CN8C(=O)N9CN%10C(=O)N%11CN%12C(=O)N%13Cc%14cc%15c(cc%14CN%14C(=O)N(CN%16C(=O)N(CN%17C(=O)N(CN%18C(=O)N(CN%19C(=O)N(CN1C23)C4C%195)C6C%187)C8C%179)C%10C%16%11)C%12C%14%13)CN1C(=O)N2CN3C(=O)N4CN5C(=O)N6CN7C(=O)N8CN9C(=O)N%10CN%11C(=O)NC%12NC(=O)N(CN%13C(=O)N(CN%14C(=O)N(CN%16C(=O)N(CN%17C(=O)N(CN%18C(=O)N(C%15)C1C2%18)C3C4%17)C5C6%16)C7C8%14)C9C%10%13)C%12%11. The molecule has 36 aliphatic heterocycles. The molecule has 774 valence electrons. The van der Waals surface area contributed by atoms with Crippen LogP contribution in [0.5, 0.6) is 0 Å². The van der Waals surface area contributed by atoms with Crippen LogP contribution in [0.25, 0.3) is 0 Å². The van der Waals surface area contributed by atoms with Crippen molar-refractivity contribution < 1.29 is 115 Å². The van der Waals surface area contributed by atoms with Gasteiger partial charge in [-0.25, -0.2) is 115 Å². The lowest BCUT2D eigenvalue weighted by molar-refractivity contribution is -0.0185. The van der Waals surface area contributed by atoms with E-state index in [0.29, 0.717) is 22.3 Å². The highest BCUT2D eigenvalue weighted by molar-refractivity contribution is 5.99. The molecule has 36 heterocycles. The Balaban J connectivity index is 0.360. The van der Waals surface area contributed by atoms with Gasteiger partial charge in [-0.15, -0.1) is 0 Å². The van der Waals surface area contributed by atoms with Crippen LogP contribution in [-0.4, -0.2) is 642 Å². The van der Waals surface area contributed by atoms with Crippen molar-refractivity contribution in [2.75, 3.05) is 133 Å². The van der Waals surface area contributed by atoms with Crippen LogP contribution in [0.4, 0.5) is 115 Å². The van der Waals surface area contributed by atoms with Crippen LogP contribution in [0.2, 0.25) is 0 Å². The van der Waals surface area contributed by atoms with Crippen molar-refractivity contribution >= 4 is 145 Å². The highest BCUT2D eigenvalue weighted by atomic mass is 16.3. The third kappa shape index (κ3) is 8.27. The van der Waals surface area contributed by atoms with Gasteiger partial charge in [-0.3, -0.25) is 216 Å². The maximum absolute atomic E-state index is 15.8. The minimum absolute atomic E-state index is 0.145. The largest absolute Gasteiger partial charge is 0.326 e. The first-order chi connectivity index (χ1) is 72.4. The number of carbonyl (C=O) groups excluding carboxylic acids is 24. The van der Waals surface area contributed by atoms with E-state index in [1.165, 1.54) is 216 Å². The van der Waals surface area contributed by atoms with E-state index in [0.717, 1.165) is 0 Å². The van der Waals surface area contributed by atoms with Crippen LogP contribution >= 0.6 is 0 Å². The average Bonchev–Trinajstić information content (AvgIpc) is 1.51. The quantitative estimate of drug-likeness (QED) is 0.187. The second-order valence-electron chi connectivity index (χ2n) is 44.0. The Morgan fingerprint density at radius 3 is 0.313 bits per heavy atom.